The smallest absolute Gasteiger partial charge is 0.333 e. The lowest BCUT2D eigenvalue weighted by atomic mass is 9.98. The molecule has 0 spiro atoms. The van der Waals surface area contributed by atoms with Crippen LogP contribution in [-0.4, -0.2) is 40.3 Å². The van der Waals surface area contributed by atoms with E-state index < -0.39 is 12.5 Å². The van der Waals surface area contributed by atoms with Crippen LogP contribution in [0.1, 0.15) is 29.9 Å². The lowest BCUT2D eigenvalue weighted by Gasteiger charge is -2.33. The molecule has 6 nitrogen and oxygen atoms in total. The molecule has 0 saturated carbocycles. The van der Waals surface area contributed by atoms with Crippen molar-refractivity contribution in [1.82, 2.24) is 20.1 Å². The summed E-state index contributed by atoms with van der Waals surface area (Å²) >= 11 is 0. The average Bonchev–Trinajstić information content (AvgIpc) is 3.11. The summed E-state index contributed by atoms with van der Waals surface area (Å²) in [6.07, 6.45) is 4.90. The highest BCUT2D eigenvalue weighted by molar-refractivity contribution is 5.92. The molecule has 0 bridgehead atoms. The standard InChI is InChI=1S/C16H19F2N5O/c17-16(18)23-9-6-13(21-23)15(24)20-10-12-4-3-8-22(11-12)14-5-1-2-7-19-14/h1-2,5-7,9,12,16H,3-4,8,10-11H2,(H,20,24). The zero-order valence-electron chi connectivity index (χ0n) is 13.1. The van der Waals surface area contributed by atoms with Crippen LogP contribution in [-0.2, 0) is 0 Å². The number of nitrogens with one attached hydrogen (secondary N) is 1. The van der Waals surface area contributed by atoms with Gasteiger partial charge >= 0.3 is 6.55 Å². The number of alkyl halides is 2. The van der Waals surface area contributed by atoms with Gasteiger partial charge in [-0.15, -0.1) is 0 Å². The van der Waals surface area contributed by atoms with Crippen LogP contribution in [0.15, 0.2) is 36.7 Å². The zero-order chi connectivity index (χ0) is 16.9. The second kappa shape index (κ2) is 7.37. The van der Waals surface area contributed by atoms with Crippen LogP contribution in [0, 0.1) is 5.92 Å². The molecule has 0 aromatic carbocycles. The first-order valence-electron chi connectivity index (χ1n) is 7.91. The summed E-state index contributed by atoms with van der Waals surface area (Å²) in [6, 6.07) is 7.09. The van der Waals surface area contributed by atoms with Crippen molar-refractivity contribution in [3.8, 4) is 0 Å². The molecule has 0 aliphatic carbocycles. The number of amides is 1. The first-order chi connectivity index (χ1) is 11.6. The van der Waals surface area contributed by atoms with Gasteiger partial charge in [0.2, 0.25) is 0 Å². The maximum Gasteiger partial charge on any atom is 0.333 e. The number of aromatic nitrogens is 3. The van der Waals surface area contributed by atoms with Crippen LogP contribution in [0.4, 0.5) is 14.6 Å². The number of carbonyl (C=O) groups is 1. The van der Waals surface area contributed by atoms with Crippen molar-refractivity contribution in [1.29, 1.82) is 0 Å². The third-order valence-electron chi connectivity index (χ3n) is 4.08. The highest BCUT2D eigenvalue weighted by Gasteiger charge is 2.22. The Bertz CT molecular complexity index is 676. The van der Waals surface area contributed by atoms with Gasteiger partial charge in [-0.3, -0.25) is 4.79 Å². The summed E-state index contributed by atoms with van der Waals surface area (Å²) in [6.45, 7) is -0.496. The predicted octanol–water partition coefficient (Wildman–Crippen LogP) is 2.32. The van der Waals surface area contributed by atoms with Gasteiger partial charge in [0, 0.05) is 32.0 Å². The van der Waals surface area contributed by atoms with Gasteiger partial charge in [0.15, 0.2) is 0 Å². The molecule has 8 heteroatoms. The van der Waals surface area contributed by atoms with Gasteiger partial charge in [0.05, 0.1) is 0 Å². The second-order valence-corrected chi connectivity index (χ2v) is 5.81. The summed E-state index contributed by atoms with van der Waals surface area (Å²) < 4.78 is 25.4. The zero-order valence-corrected chi connectivity index (χ0v) is 13.1. The number of nitrogens with zero attached hydrogens (tertiary/aromatic N) is 4. The molecule has 1 aliphatic heterocycles. The molecule has 0 radical (unpaired) electrons. The molecule has 1 fully saturated rings. The lowest BCUT2D eigenvalue weighted by molar-refractivity contribution is 0.0559. The Balaban J connectivity index is 1.53. The van der Waals surface area contributed by atoms with E-state index in [9.17, 15) is 13.6 Å². The predicted molar refractivity (Wildman–Crippen MR) is 85.0 cm³/mol. The van der Waals surface area contributed by atoms with E-state index in [-0.39, 0.29) is 5.69 Å². The van der Waals surface area contributed by atoms with E-state index in [1.807, 2.05) is 18.2 Å². The maximum absolute atomic E-state index is 12.5. The minimum atomic E-state index is -2.74. The molecule has 3 heterocycles. The highest BCUT2D eigenvalue weighted by Crippen LogP contribution is 2.20. The van der Waals surface area contributed by atoms with Gasteiger partial charge in [0.25, 0.3) is 5.91 Å². The fraction of sp³-hybridized carbons (Fsp3) is 0.438. The fourth-order valence-corrected chi connectivity index (χ4v) is 2.88. The molecular formula is C16H19F2N5O. The minimum Gasteiger partial charge on any atom is -0.356 e. The van der Waals surface area contributed by atoms with Crippen molar-refractivity contribution < 1.29 is 13.6 Å². The van der Waals surface area contributed by atoms with Gasteiger partial charge < -0.3 is 10.2 Å². The summed E-state index contributed by atoms with van der Waals surface area (Å²) in [5, 5.41) is 6.36. The van der Waals surface area contributed by atoms with Gasteiger partial charge in [-0.1, -0.05) is 6.07 Å². The van der Waals surface area contributed by atoms with E-state index in [0.717, 1.165) is 37.9 Å². The number of halogens is 2. The third-order valence-corrected chi connectivity index (χ3v) is 4.08. The normalized spacial score (nSPS) is 18.0. The fourth-order valence-electron chi connectivity index (χ4n) is 2.88. The molecule has 1 atom stereocenters. The molecule has 1 aliphatic rings. The monoisotopic (exact) mass is 335 g/mol. The van der Waals surface area contributed by atoms with Crippen molar-refractivity contribution in [3.63, 3.8) is 0 Å². The molecular weight excluding hydrogens is 316 g/mol. The molecule has 24 heavy (non-hydrogen) atoms. The van der Waals surface area contributed by atoms with E-state index in [0.29, 0.717) is 17.1 Å². The summed E-state index contributed by atoms with van der Waals surface area (Å²) in [5.41, 5.74) is 0.00712. The molecule has 1 saturated heterocycles. The van der Waals surface area contributed by atoms with Gasteiger partial charge in [-0.25, -0.2) is 9.67 Å². The molecule has 2 aromatic heterocycles. The lowest BCUT2D eigenvalue weighted by Crippen LogP contribution is -2.41. The Morgan fingerprint density at radius 3 is 2.96 bits per heavy atom. The number of piperidine rings is 1. The van der Waals surface area contributed by atoms with E-state index in [1.165, 1.54) is 6.07 Å². The van der Waals surface area contributed by atoms with Crippen LogP contribution >= 0.6 is 0 Å². The van der Waals surface area contributed by atoms with Gasteiger partial charge in [0.1, 0.15) is 11.5 Å². The summed E-state index contributed by atoms with van der Waals surface area (Å²) in [4.78, 5) is 18.6. The van der Waals surface area contributed by atoms with Gasteiger partial charge in [-0.05, 0) is 37.0 Å². The Labute approximate surface area is 138 Å². The van der Waals surface area contributed by atoms with Gasteiger partial charge in [-0.2, -0.15) is 13.9 Å². The SMILES string of the molecule is O=C(NCC1CCCN(c2ccccn2)C1)c1ccn(C(F)F)n1. The first kappa shape index (κ1) is 16.4. The highest BCUT2D eigenvalue weighted by atomic mass is 19.3. The van der Waals surface area contributed by atoms with Crippen molar-refractivity contribution in [2.75, 3.05) is 24.5 Å². The molecule has 1 amide bonds. The summed E-state index contributed by atoms with van der Waals surface area (Å²) in [5.74, 6) is 0.801. The molecule has 1 unspecified atom stereocenters. The first-order valence-corrected chi connectivity index (χ1v) is 7.91. The van der Waals surface area contributed by atoms with Crippen molar-refractivity contribution in [2.45, 2.75) is 19.4 Å². The van der Waals surface area contributed by atoms with E-state index in [1.54, 1.807) is 6.20 Å². The number of carbonyl (C=O) groups excluding carboxylic acids is 1. The van der Waals surface area contributed by atoms with Crippen LogP contribution in [0.2, 0.25) is 0 Å². The van der Waals surface area contributed by atoms with Crippen molar-refractivity contribution in [2.24, 2.45) is 5.92 Å². The minimum absolute atomic E-state index is 0.00712. The largest absolute Gasteiger partial charge is 0.356 e. The Morgan fingerprint density at radius 2 is 2.25 bits per heavy atom. The quantitative estimate of drug-likeness (QED) is 0.911. The van der Waals surface area contributed by atoms with E-state index in [2.05, 4.69) is 20.3 Å². The van der Waals surface area contributed by atoms with Crippen LogP contribution < -0.4 is 10.2 Å². The Kier molecular flexibility index (Phi) is 5.02. The number of hydrogen-bond acceptors (Lipinski definition) is 4. The van der Waals surface area contributed by atoms with Crippen molar-refractivity contribution >= 4 is 11.7 Å². The van der Waals surface area contributed by atoms with Crippen LogP contribution in [0.5, 0.6) is 0 Å². The van der Waals surface area contributed by atoms with E-state index in [4.69, 9.17) is 0 Å². The molecule has 2 aromatic rings. The third kappa shape index (κ3) is 3.87. The Hall–Kier alpha value is -2.51. The van der Waals surface area contributed by atoms with E-state index >= 15 is 0 Å². The topological polar surface area (TPSA) is 63.1 Å². The molecule has 3 rings (SSSR count). The number of anilines is 1. The number of pyridine rings is 1. The van der Waals surface area contributed by atoms with Crippen molar-refractivity contribution in [3.05, 3.63) is 42.4 Å². The number of rotatable bonds is 5. The Morgan fingerprint density at radius 1 is 1.38 bits per heavy atom. The summed E-state index contributed by atoms with van der Waals surface area (Å²) in [7, 11) is 0. The van der Waals surface area contributed by atoms with Crippen LogP contribution in [0.3, 0.4) is 0 Å². The molecule has 128 valence electrons. The van der Waals surface area contributed by atoms with Crippen LogP contribution in [0.25, 0.3) is 0 Å². The molecule has 1 N–H and O–H groups in total. The number of hydrogen-bond donors (Lipinski definition) is 1. The average molecular weight is 335 g/mol. The second-order valence-electron chi connectivity index (χ2n) is 5.81. The maximum atomic E-state index is 12.5.